The molecular formula is C59H39N3O. The summed E-state index contributed by atoms with van der Waals surface area (Å²) in [6, 6.07) is 81.9. The number of benzene rings is 9. The molecule has 4 heteroatoms. The second-order valence-corrected chi connectivity index (χ2v) is 16.0. The van der Waals surface area contributed by atoms with Gasteiger partial charge in [0.1, 0.15) is 11.2 Å². The van der Waals surface area contributed by atoms with Crippen molar-refractivity contribution in [2.75, 3.05) is 4.90 Å². The van der Waals surface area contributed by atoms with Gasteiger partial charge < -0.3 is 13.9 Å². The minimum absolute atomic E-state index is 0.884. The highest BCUT2D eigenvalue weighted by molar-refractivity contribution is 6.11. The number of rotatable bonds is 8. The van der Waals surface area contributed by atoms with E-state index in [4.69, 9.17) is 9.40 Å². The smallest absolute Gasteiger partial charge is 0.135 e. The van der Waals surface area contributed by atoms with E-state index in [1.165, 1.54) is 21.8 Å². The van der Waals surface area contributed by atoms with Gasteiger partial charge in [0.2, 0.25) is 0 Å². The van der Waals surface area contributed by atoms with E-state index in [1.54, 1.807) is 0 Å². The SMILES string of the molecule is c1ccc(N(c2ccccc2)c2ccc(-c3ccc(-c4cc(-c5ccc6oc7ccccc7c6c5)cc(-c5ccc6c(c5)c5ccccc5n6-c5ccccc5)c4)nc3)cc2)cc1. The Balaban J connectivity index is 0.952. The lowest BCUT2D eigenvalue weighted by Gasteiger charge is -2.25. The predicted octanol–water partition coefficient (Wildman–Crippen LogP) is 16.2. The molecule has 4 nitrogen and oxygen atoms in total. The first-order valence-electron chi connectivity index (χ1n) is 21.3. The van der Waals surface area contributed by atoms with Crippen molar-refractivity contribution < 1.29 is 4.42 Å². The molecular weight excluding hydrogens is 767 g/mol. The zero-order chi connectivity index (χ0) is 41.7. The molecule has 9 aromatic carbocycles. The summed E-state index contributed by atoms with van der Waals surface area (Å²) in [5.41, 5.74) is 17.2. The van der Waals surface area contributed by atoms with Crippen LogP contribution in [-0.4, -0.2) is 9.55 Å². The Labute approximate surface area is 365 Å². The van der Waals surface area contributed by atoms with Gasteiger partial charge in [-0.2, -0.15) is 0 Å². The van der Waals surface area contributed by atoms with Crippen LogP contribution in [0.15, 0.2) is 241 Å². The molecule has 12 rings (SSSR count). The summed E-state index contributed by atoms with van der Waals surface area (Å²) in [5, 5.41) is 4.66. The van der Waals surface area contributed by atoms with Gasteiger partial charge in [-0.3, -0.25) is 4.98 Å². The highest BCUT2D eigenvalue weighted by Gasteiger charge is 2.17. The highest BCUT2D eigenvalue weighted by Crippen LogP contribution is 2.40. The van der Waals surface area contributed by atoms with Crippen LogP contribution in [0.1, 0.15) is 0 Å². The van der Waals surface area contributed by atoms with Crippen LogP contribution in [0.25, 0.3) is 94.1 Å². The predicted molar refractivity (Wildman–Crippen MR) is 262 cm³/mol. The van der Waals surface area contributed by atoms with Crippen molar-refractivity contribution in [3.8, 4) is 50.3 Å². The molecule has 0 saturated carbocycles. The number of nitrogens with zero attached hydrogens (tertiary/aromatic N) is 3. The summed E-state index contributed by atoms with van der Waals surface area (Å²) in [6.45, 7) is 0. The van der Waals surface area contributed by atoms with E-state index >= 15 is 0 Å². The maximum absolute atomic E-state index is 6.23. The monoisotopic (exact) mass is 805 g/mol. The van der Waals surface area contributed by atoms with Gasteiger partial charge in [-0.15, -0.1) is 0 Å². The molecule has 0 unspecified atom stereocenters. The lowest BCUT2D eigenvalue weighted by Crippen LogP contribution is -2.09. The third-order valence-corrected chi connectivity index (χ3v) is 12.2. The molecule has 0 amide bonds. The molecule has 63 heavy (non-hydrogen) atoms. The second-order valence-electron chi connectivity index (χ2n) is 16.0. The highest BCUT2D eigenvalue weighted by atomic mass is 16.3. The molecule has 0 bridgehead atoms. The fourth-order valence-corrected chi connectivity index (χ4v) is 9.16. The molecule has 0 aliphatic rings. The molecule has 0 N–H and O–H groups in total. The third-order valence-electron chi connectivity index (χ3n) is 12.2. The Bertz CT molecular complexity index is 3550. The summed E-state index contributed by atoms with van der Waals surface area (Å²) < 4.78 is 8.59. The minimum Gasteiger partial charge on any atom is -0.456 e. The van der Waals surface area contributed by atoms with Gasteiger partial charge in [-0.1, -0.05) is 121 Å². The molecule has 0 aliphatic carbocycles. The van der Waals surface area contributed by atoms with E-state index in [9.17, 15) is 0 Å². The number of para-hydroxylation sites is 5. The number of furan rings is 1. The van der Waals surface area contributed by atoms with Crippen LogP contribution in [0.5, 0.6) is 0 Å². The van der Waals surface area contributed by atoms with Gasteiger partial charge in [0.05, 0.1) is 16.7 Å². The molecule has 0 spiro atoms. The lowest BCUT2D eigenvalue weighted by atomic mass is 9.93. The van der Waals surface area contributed by atoms with Crippen LogP contribution in [0, 0.1) is 0 Å². The zero-order valence-corrected chi connectivity index (χ0v) is 34.3. The zero-order valence-electron chi connectivity index (χ0n) is 34.3. The van der Waals surface area contributed by atoms with Gasteiger partial charge in [0, 0.05) is 61.6 Å². The van der Waals surface area contributed by atoms with Crippen molar-refractivity contribution in [3.05, 3.63) is 237 Å². The average molecular weight is 806 g/mol. The van der Waals surface area contributed by atoms with Crippen LogP contribution in [0.3, 0.4) is 0 Å². The Hall–Kier alpha value is -8.47. The van der Waals surface area contributed by atoms with Gasteiger partial charge in [-0.05, 0) is 137 Å². The van der Waals surface area contributed by atoms with Crippen molar-refractivity contribution in [1.82, 2.24) is 9.55 Å². The standard InChI is InChI=1S/C59H39N3O/c1-4-14-47(15-5-1)61(48-16-6-2-7-17-48)50-29-24-40(25-30-50)43-26-31-55(60-39-43)46-35-44(34-45(36-46)42-28-33-59-54(38-42)52-21-11-13-23-58(52)63-59)41-27-32-57-53(37-41)51-20-10-12-22-56(51)62(57)49-18-8-3-9-19-49/h1-39H. The number of anilines is 3. The molecule has 0 aliphatic heterocycles. The Morgan fingerprint density at radius 1 is 0.333 bits per heavy atom. The molecule has 3 heterocycles. The maximum atomic E-state index is 6.23. The topological polar surface area (TPSA) is 34.2 Å². The van der Waals surface area contributed by atoms with Crippen molar-refractivity contribution in [2.45, 2.75) is 0 Å². The van der Waals surface area contributed by atoms with E-state index in [0.29, 0.717) is 0 Å². The second kappa shape index (κ2) is 15.2. The van der Waals surface area contributed by atoms with Crippen LogP contribution >= 0.6 is 0 Å². The Morgan fingerprint density at radius 3 is 1.56 bits per heavy atom. The van der Waals surface area contributed by atoms with Crippen LogP contribution in [-0.2, 0) is 0 Å². The van der Waals surface area contributed by atoms with E-state index < -0.39 is 0 Å². The minimum atomic E-state index is 0.884. The Morgan fingerprint density at radius 2 is 0.857 bits per heavy atom. The molecule has 12 aromatic rings. The van der Waals surface area contributed by atoms with Crippen molar-refractivity contribution in [3.63, 3.8) is 0 Å². The summed E-state index contributed by atoms with van der Waals surface area (Å²) in [7, 11) is 0. The quantitative estimate of drug-likeness (QED) is 0.153. The maximum Gasteiger partial charge on any atom is 0.135 e. The first-order chi connectivity index (χ1) is 31.2. The number of hydrogen-bond donors (Lipinski definition) is 0. The number of hydrogen-bond acceptors (Lipinski definition) is 3. The molecule has 0 saturated heterocycles. The molecule has 3 aromatic heterocycles. The fourth-order valence-electron chi connectivity index (χ4n) is 9.16. The average Bonchev–Trinajstić information content (AvgIpc) is 3.90. The molecule has 296 valence electrons. The molecule has 0 radical (unpaired) electrons. The molecule has 0 atom stereocenters. The van der Waals surface area contributed by atoms with Gasteiger partial charge in [0.25, 0.3) is 0 Å². The third kappa shape index (κ3) is 6.53. The van der Waals surface area contributed by atoms with Crippen molar-refractivity contribution in [2.24, 2.45) is 0 Å². The van der Waals surface area contributed by atoms with Gasteiger partial charge in [-0.25, -0.2) is 0 Å². The van der Waals surface area contributed by atoms with Gasteiger partial charge >= 0.3 is 0 Å². The normalized spacial score (nSPS) is 11.5. The molecule has 0 fully saturated rings. The number of pyridine rings is 1. The summed E-state index contributed by atoms with van der Waals surface area (Å²) in [6.07, 6.45) is 2.00. The Kier molecular flexibility index (Phi) is 8.79. The van der Waals surface area contributed by atoms with Crippen molar-refractivity contribution in [1.29, 1.82) is 0 Å². The summed E-state index contributed by atoms with van der Waals surface area (Å²) in [5.74, 6) is 0. The van der Waals surface area contributed by atoms with E-state index in [0.717, 1.165) is 89.3 Å². The lowest BCUT2D eigenvalue weighted by molar-refractivity contribution is 0.669. The first kappa shape index (κ1) is 36.4. The summed E-state index contributed by atoms with van der Waals surface area (Å²) in [4.78, 5) is 7.41. The van der Waals surface area contributed by atoms with E-state index in [-0.39, 0.29) is 0 Å². The summed E-state index contributed by atoms with van der Waals surface area (Å²) >= 11 is 0. The fraction of sp³-hybridized carbons (Fsp3) is 0. The van der Waals surface area contributed by atoms with Gasteiger partial charge in [0.15, 0.2) is 0 Å². The first-order valence-corrected chi connectivity index (χ1v) is 21.3. The van der Waals surface area contributed by atoms with Crippen LogP contribution in [0.4, 0.5) is 17.1 Å². The van der Waals surface area contributed by atoms with E-state index in [2.05, 4.69) is 228 Å². The largest absolute Gasteiger partial charge is 0.456 e. The van der Waals surface area contributed by atoms with Crippen LogP contribution < -0.4 is 4.90 Å². The number of fused-ring (bicyclic) bond motifs is 6. The van der Waals surface area contributed by atoms with Crippen molar-refractivity contribution >= 4 is 60.8 Å². The van der Waals surface area contributed by atoms with Crippen LogP contribution in [0.2, 0.25) is 0 Å². The number of aromatic nitrogens is 2. The van der Waals surface area contributed by atoms with E-state index in [1.807, 2.05) is 18.3 Å².